The van der Waals surface area contributed by atoms with Gasteiger partial charge in [0.25, 0.3) is 0 Å². The number of aromatic nitrogens is 2. The number of H-pyrrole nitrogens is 1. The minimum absolute atomic E-state index is 0.0388. The second-order valence-electron chi connectivity index (χ2n) is 18.4. The number of nitrogens with zero attached hydrogens (tertiary/aromatic N) is 5. The van der Waals surface area contributed by atoms with E-state index >= 15 is 0 Å². The largest absolute Gasteiger partial charge is 0.453 e. The van der Waals surface area contributed by atoms with Gasteiger partial charge < -0.3 is 39.8 Å². The second-order valence-corrected chi connectivity index (χ2v) is 18.4. The van der Waals surface area contributed by atoms with Crippen LogP contribution in [0.3, 0.4) is 0 Å². The van der Waals surface area contributed by atoms with E-state index in [-0.39, 0.29) is 53.6 Å². The lowest BCUT2D eigenvalue weighted by molar-refractivity contribution is -0.135. The summed E-state index contributed by atoms with van der Waals surface area (Å²) >= 11 is 0. The van der Waals surface area contributed by atoms with Crippen molar-refractivity contribution in [1.82, 2.24) is 30.4 Å². The molecule has 3 aromatic carbocycles. The van der Waals surface area contributed by atoms with Gasteiger partial charge >= 0.3 is 12.2 Å². The molecule has 1 aromatic heterocycles. The first kappa shape index (κ1) is 46.0. The summed E-state index contributed by atoms with van der Waals surface area (Å²) in [7, 11) is 2.59. The number of likely N-dealkylation sites (tertiary alicyclic amines) is 2. The Kier molecular flexibility index (Phi) is 13.9. The second kappa shape index (κ2) is 19.9. The van der Waals surface area contributed by atoms with Crippen LogP contribution >= 0.6 is 0 Å². The van der Waals surface area contributed by atoms with Crippen molar-refractivity contribution in [3.8, 4) is 11.3 Å². The van der Waals surface area contributed by atoms with Crippen LogP contribution in [0, 0.1) is 17.7 Å². The van der Waals surface area contributed by atoms with Crippen LogP contribution < -0.4 is 15.5 Å². The molecule has 15 heteroatoms. The Morgan fingerprint density at radius 1 is 0.682 bits per heavy atom. The van der Waals surface area contributed by atoms with E-state index in [0.29, 0.717) is 25.3 Å². The normalized spacial score (nSPS) is 21.5. The highest BCUT2D eigenvalue weighted by Gasteiger charge is 2.40. The van der Waals surface area contributed by atoms with Crippen molar-refractivity contribution in [3.05, 3.63) is 113 Å². The SMILES string of the molecule is COC(=O)N[C@H](C(=O)N1CCC[C@H]1C1=NC(c2ccc([C@@H]3CC[C@@H](c4ccc(-c5cnc([C@@H]6CCCN6C(=O)[C@@H](NC(=O)OC)C(C)C)[nH]5)cc4)N3c3ccc(F)cc3)cc2)=CC1)C(C)C. The maximum atomic E-state index is 14.3. The summed E-state index contributed by atoms with van der Waals surface area (Å²) in [5.41, 5.74) is 7.89. The first-order valence-electron chi connectivity index (χ1n) is 23.2. The van der Waals surface area contributed by atoms with Crippen LogP contribution in [-0.4, -0.2) is 94.9 Å². The third-order valence-electron chi connectivity index (χ3n) is 13.6. The van der Waals surface area contributed by atoms with Crippen molar-refractivity contribution >= 4 is 41.1 Å². The van der Waals surface area contributed by atoms with Gasteiger partial charge in [-0.2, -0.15) is 0 Å². The van der Waals surface area contributed by atoms with E-state index in [4.69, 9.17) is 19.5 Å². The van der Waals surface area contributed by atoms with Gasteiger partial charge in [-0.15, -0.1) is 0 Å². The van der Waals surface area contributed by atoms with Gasteiger partial charge in [0, 0.05) is 30.9 Å². The highest BCUT2D eigenvalue weighted by Crippen LogP contribution is 2.47. The van der Waals surface area contributed by atoms with E-state index in [2.05, 4.69) is 75.1 Å². The summed E-state index contributed by atoms with van der Waals surface area (Å²) in [4.78, 5) is 70.9. The molecule has 0 aliphatic carbocycles. The molecule has 5 heterocycles. The van der Waals surface area contributed by atoms with Gasteiger partial charge in [-0.1, -0.05) is 82.3 Å². The predicted octanol–water partition coefficient (Wildman–Crippen LogP) is 8.90. The van der Waals surface area contributed by atoms with Gasteiger partial charge in [-0.3, -0.25) is 14.6 Å². The van der Waals surface area contributed by atoms with Gasteiger partial charge in [0.2, 0.25) is 11.8 Å². The Labute approximate surface area is 386 Å². The quantitative estimate of drug-likeness (QED) is 0.120. The van der Waals surface area contributed by atoms with Crippen LogP contribution in [-0.2, 0) is 19.1 Å². The maximum absolute atomic E-state index is 14.3. The molecular formula is C51H61FN8O6. The summed E-state index contributed by atoms with van der Waals surface area (Å²) in [5.74, 6) is -0.0653. The summed E-state index contributed by atoms with van der Waals surface area (Å²) in [6, 6.07) is 22.1. The molecule has 348 valence electrons. The number of carbonyl (C=O) groups excluding carboxylic acids is 4. The predicted molar refractivity (Wildman–Crippen MR) is 251 cm³/mol. The number of rotatable bonds is 13. The summed E-state index contributed by atoms with van der Waals surface area (Å²) in [5, 5.41) is 5.43. The molecule has 4 aliphatic rings. The molecule has 66 heavy (non-hydrogen) atoms. The number of carbonyl (C=O) groups is 4. The van der Waals surface area contributed by atoms with E-state index < -0.39 is 24.3 Å². The average Bonchev–Trinajstić information content (AvgIpc) is 4.19. The zero-order chi connectivity index (χ0) is 46.6. The standard InChI is InChI=1S/C51H61FN8O6/c1-30(2)45(56-50(63)65-5)48(61)58-27-7-9-43(58)39-24-23-38(54-39)32-11-15-34(16-12-32)41-25-26-42(60(41)37-21-19-36(52)20-22-37)35-17-13-33(14-18-35)40-29-53-47(55-40)44-10-8-28-59(44)49(62)46(31(3)4)57-51(64)66-6/h11-23,29-31,41-46H,7-10,24-28H2,1-6H3,(H,53,55)(H,56,63)(H,57,64)/t41-,42-,43-,44-,45-,46-/m0/s1. The molecule has 4 aliphatic heterocycles. The molecular weight excluding hydrogens is 840 g/mol. The summed E-state index contributed by atoms with van der Waals surface area (Å²) in [6.45, 7) is 8.82. The smallest absolute Gasteiger partial charge is 0.407 e. The van der Waals surface area contributed by atoms with Crippen LogP contribution in [0.25, 0.3) is 17.0 Å². The molecule has 0 bridgehead atoms. The van der Waals surface area contributed by atoms with Crippen LogP contribution in [0.1, 0.15) is 113 Å². The number of halogens is 1. The number of methoxy groups -OCH3 is 2. The van der Waals surface area contributed by atoms with Gasteiger partial charge in [-0.05, 0) is 96.9 Å². The number of anilines is 1. The number of aliphatic imine (C=N–C) groups is 1. The minimum atomic E-state index is -0.708. The number of alkyl carbamates (subject to hydrolysis) is 2. The molecule has 4 aromatic rings. The molecule has 6 atom stereocenters. The van der Waals surface area contributed by atoms with Crippen molar-refractivity contribution in [1.29, 1.82) is 0 Å². The van der Waals surface area contributed by atoms with E-state index in [1.807, 2.05) is 55.8 Å². The lowest BCUT2D eigenvalue weighted by Crippen LogP contribution is -2.53. The Morgan fingerprint density at radius 2 is 1.20 bits per heavy atom. The molecule has 3 N–H and O–H groups in total. The molecule has 14 nitrogen and oxygen atoms in total. The minimum Gasteiger partial charge on any atom is -0.453 e. The number of allylic oxidation sites excluding steroid dienone is 1. The molecule has 4 amide bonds. The third-order valence-corrected chi connectivity index (χ3v) is 13.6. The maximum Gasteiger partial charge on any atom is 0.407 e. The van der Waals surface area contributed by atoms with Gasteiger partial charge in [0.1, 0.15) is 23.7 Å². The van der Waals surface area contributed by atoms with Gasteiger partial charge in [0.05, 0.1) is 56.0 Å². The Hall–Kier alpha value is -6.51. The van der Waals surface area contributed by atoms with E-state index in [9.17, 15) is 23.6 Å². The van der Waals surface area contributed by atoms with Gasteiger partial charge in [0.15, 0.2) is 0 Å². The number of aromatic amines is 1. The molecule has 0 unspecified atom stereocenters. The van der Waals surface area contributed by atoms with Crippen molar-refractivity contribution in [3.63, 3.8) is 0 Å². The fourth-order valence-corrected chi connectivity index (χ4v) is 10.1. The van der Waals surface area contributed by atoms with Crippen LogP contribution in [0.15, 0.2) is 90.1 Å². The number of ether oxygens (including phenoxy) is 2. The zero-order valence-corrected chi connectivity index (χ0v) is 38.6. The van der Waals surface area contributed by atoms with E-state index in [0.717, 1.165) is 83.6 Å². The number of benzene rings is 3. The highest BCUT2D eigenvalue weighted by molar-refractivity contribution is 6.02. The first-order valence-corrected chi connectivity index (χ1v) is 23.2. The highest BCUT2D eigenvalue weighted by atomic mass is 19.1. The van der Waals surface area contributed by atoms with Crippen molar-refractivity contribution in [2.24, 2.45) is 16.8 Å². The lowest BCUT2D eigenvalue weighted by atomic mass is 10.0. The first-order chi connectivity index (χ1) is 31.8. The van der Waals surface area contributed by atoms with Crippen molar-refractivity contribution in [2.45, 2.75) is 109 Å². The van der Waals surface area contributed by atoms with Crippen LogP contribution in [0.2, 0.25) is 0 Å². The van der Waals surface area contributed by atoms with E-state index in [1.54, 1.807) is 0 Å². The summed E-state index contributed by atoms with van der Waals surface area (Å²) in [6.07, 6.45) is 8.42. The number of nitrogens with one attached hydrogen (secondary N) is 3. The van der Waals surface area contributed by atoms with Gasteiger partial charge in [-0.25, -0.2) is 19.0 Å². The zero-order valence-electron chi connectivity index (χ0n) is 38.6. The Balaban J connectivity index is 0.968. The van der Waals surface area contributed by atoms with Crippen LogP contribution in [0.5, 0.6) is 0 Å². The van der Waals surface area contributed by atoms with E-state index in [1.165, 1.54) is 26.4 Å². The fraction of sp³-hybridized carbons (Fsp3) is 0.451. The molecule has 0 spiro atoms. The average molecular weight is 901 g/mol. The topological polar surface area (TPSA) is 162 Å². The van der Waals surface area contributed by atoms with Crippen LogP contribution in [0.4, 0.5) is 19.7 Å². The number of hydrogen-bond acceptors (Lipinski definition) is 9. The third kappa shape index (κ3) is 9.57. The number of amides is 4. The lowest BCUT2D eigenvalue weighted by Gasteiger charge is -2.33. The Bertz CT molecular complexity index is 2450. The summed E-state index contributed by atoms with van der Waals surface area (Å²) < 4.78 is 23.9. The molecule has 3 saturated heterocycles. The van der Waals surface area contributed by atoms with Crippen molar-refractivity contribution in [2.75, 3.05) is 32.2 Å². The molecule has 0 radical (unpaired) electrons. The molecule has 8 rings (SSSR count). The monoisotopic (exact) mass is 900 g/mol. The molecule has 3 fully saturated rings. The molecule has 0 saturated carbocycles. The number of imidazole rings is 1. The number of hydrogen-bond donors (Lipinski definition) is 3. The van der Waals surface area contributed by atoms with Crippen molar-refractivity contribution < 1.29 is 33.0 Å². The Morgan fingerprint density at radius 3 is 1.73 bits per heavy atom. The fourth-order valence-electron chi connectivity index (χ4n) is 10.1.